The molecule has 0 bridgehead atoms. The number of nitrogens with one attached hydrogen (secondary N) is 2. The molecule has 3 rings (SSSR count). The number of carboxylic acids is 1. The fourth-order valence-electron chi connectivity index (χ4n) is 2.87. The summed E-state index contributed by atoms with van der Waals surface area (Å²) in [6.45, 7) is 4.06. The summed E-state index contributed by atoms with van der Waals surface area (Å²) in [5.74, 6) is -1.15. The molecule has 0 aliphatic carbocycles. The molecule has 6 nitrogen and oxygen atoms in total. The predicted molar refractivity (Wildman–Crippen MR) is 111 cm³/mol. The molecular formula is C21H26N2O4RuS-6. The summed E-state index contributed by atoms with van der Waals surface area (Å²) in [7, 11) is 0. The minimum Gasteiger partial charge on any atom is -0.748 e. The number of Topliss-reactive ketones (excluding diaryl/α,β-unsaturated/α-hetero) is 1. The van der Waals surface area contributed by atoms with E-state index in [1.807, 2.05) is 44.2 Å². The van der Waals surface area contributed by atoms with Gasteiger partial charge in [-0.2, -0.15) is 12.1 Å². The molecule has 1 amide bonds. The van der Waals surface area contributed by atoms with Crippen LogP contribution in [0.3, 0.4) is 0 Å². The first-order valence-electron chi connectivity index (χ1n) is 9.14. The quantitative estimate of drug-likeness (QED) is 0.306. The van der Waals surface area contributed by atoms with Crippen molar-refractivity contribution >= 4 is 29.4 Å². The van der Waals surface area contributed by atoms with Crippen molar-refractivity contribution in [2.45, 2.75) is 42.9 Å². The van der Waals surface area contributed by atoms with Gasteiger partial charge in [-0.15, -0.1) is 11.8 Å². The van der Waals surface area contributed by atoms with E-state index in [0.29, 0.717) is 12.1 Å². The Labute approximate surface area is 188 Å². The third kappa shape index (κ3) is 8.25. The van der Waals surface area contributed by atoms with Crippen LogP contribution in [0.15, 0.2) is 54.6 Å². The molecule has 164 valence electrons. The number of aliphatic carboxylic acids is 1. The predicted octanol–water partition coefficient (Wildman–Crippen LogP) is 2.78. The normalized spacial score (nSPS) is 19.4. The van der Waals surface area contributed by atoms with Crippen molar-refractivity contribution in [3.8, 4) is 0 Å². The summed E-state index contributed by atoms with van der Waals surface area (Å²) in [6.07, 6.45) is 0.303. The second-order valence-corrected chi connectivity index (χ2v) is 8.87. The molecule has 0 spiro atoms. The number of thioether (sulfide) groups is 1. The van der Waals surface area contributed by atoms with Gasteiger partial charge in [0.15, 0.2) is 0 Å². The standard InChI is InChI=1S/C16H21N2O4S.C5H5.Ru/c1-16(2)14(15(21)22)18-13(23-16)9-17-12(20)8-7-11(19)10-5-3-4-6-10;1-2-4-5-3-1;/h3-6,13-14,18H,7-9H2,1-2H3,(H,17,20)(H,21,22);1-5H;/q-1;-5;/t13-,14+;;/m1../s1. The van der Waals surface area contributed by atoms with Gasteiger partial charge in [-0.1, -0.05) is 5.56 Å². The number of ketones is 1. The van der Waals surface area contributed by atoms with Gasteiger partial charge in [0, 0.05) is 43.6 Å². The molecule has 1 fully saturated rings. The van der Waals surface area contributed by atoms with E-state index in [-0.39, 0.29) is 49.4 Å². The third-order valence-corrected chi connectivity index (χ3v) is 5.78. The molecule has 1 heterocycles. The molecule has 1 aliphatic heterocycles. The Kier molecular flexibility index (Phi) is 10.5. The zero-order valence-electron chi connectivity index (χ0n) is 16.4. The number of hydrogen-bond donors (Lipinski definition) is 3. The molecular weight excluding hydrogens is 477 g/mol. The zero-order valence-corrected chi connectivity index (χ0v) is 19.0. The number of carbonyl (C=O) groups is 3. The van der Waals surface area contributed by atoms with Gasteiger partial charge in [0.25, 0.3) is 0 Å². The fraction of sp³-hybridized carbons (Fsp3) is 0.381. The van der Waals surface area contributed by atoms with Gasteiger partial charge in [0.2, 0.25) is 5.91 Å². The van der Waals surface area contributed by atoms with Crippen molar-refractivity contribution in [1.29, 1.82) is 0 Å². The Morgan fingerprint density at radius 1 is 1.10 bits per heavy atom. The van der Waals surface area contributed by atoms with Crippen molar-refractivity contribution in [2.75, 3.05) is 6.54 Å². The maximum atomic E-state index is 11.8. The molecule has 1 aliphatic rings. The van der Waals surface area contributed by atoms with Crippen molar-refractivity contribution in [1.82, 2.24) is 10.6 Å². The Morgan fingerprint density at radius 2 is 1.66 bits per heavy atom. The van der Waals surface area contributed by atoms with E-state index in [4.69, 9.17) is 0 Å². The van der Waals surface area contributed by atoms with Crippen LogP contribution in [0.2, 0.25) is 0 Å². The van der Waals surface area contributed by atoms with E-state index in [1.54, 1.807) is 24.3 Å². The average molecular weight is 504 g/mol. The molecule has 2 atom stereocenters. The second kappa shape index (κ2) is 12.1. The van der Waals surface area contributed by atoms with Crippen molar-refractivity contribution < 1.29 is 39.0 Å². The summed E-state index contributed by atoms with van der Waals surface area (Å²) in [4.78, 5) is 34.8. The van der Waals surface area contributed by atoms with E-state index < -0.39 is 16.8 Å². The van der Waals surface area contributed by atoms with Gasteiger partial charge >= 0.3 is 5.97 Å². The van der Waals surface area contributed by atoms with Crippen molar-refractivity contribution in [3.63, 3.8) is 0 Å². The Hall–Kier alpha value is -1.76. The number of amides is 1. The van der Waals surface area contributed by atoms with Gasteiger partial charge in [0.05, 0.1) is 5.37 Å². The summed E-state index contributed by atoms with van der Waals surface area (Å²) in [5.41, 5.74) is 0.622. The molecule has 2 aromatic rings. The van der Waals surface area contributed by atoms with E-state index >= 15 is 0 Å². The van der Waals surface area contributed by atoms with Gasteiger partial charge in [-0.25, -0.2) is 12.1 Å². The average Bonchev–Trinajstić information content (AvgIpc) is 3.39. The number of rotatable bonds is 7. The molecule has 0 radical (unpaired) electrons. The molecule has 0 aromatic heterocycles. The van der Waals surface area contributed by atoms with E-state index in [2.05, 4.69) is 10.6 Å². The minimum absolute atomic E-state index is 0. The summed E-state index contributed by atoms with van der Waals surface area (Å²) >= 11 is 1.50. The molecule has 0 unspecified atom stereocenters. The molecule has 29 heavy (non-hydrogen) atoms. The van der Waals surface area contributed by atoms with Crippen LogP contribution in [-0.2, 0) is 29.1 Å². The maximum absolute atomic E-state index is 11.8. The summed E-state index contributed by atoms with van der Waals surface area (Å²) < 4.78 is -0.436. The molecule has 1 saturated heterocycles. The second-order valence-electron chi connectivity index (χ2n) is 7.01. The van der Waals surface area contributed by atoms with Gasteiger partial charge in [-0.05, 0) is 13.8 Å². The SMILES string of the molecule is CC1(C)S[C@H](CNC(=O)CCC(=O)[c-]2cccc2)N[C@H]1C(=O)O.[Ru].[cH-]1[cH-][cH-][cH-][cH-]1. The fourth-order valence-corrected chi connectivity index (χ4v) is 4.28. The van der Waals surface area contributed by atoms with Crippen LogP contribution in [0.5, 0.6) is 0 Å². The van der Waals surface area contributed by atoms with Crippen LogP contribution >= 0.6 is 11.8 Å². The zero-order chi connectivity index (χ0) is 20.6. The van der Waals surface area contributed by atoms with Gasteiger partial charge in [-0.3, -0.25) is 14.9 Å². The van der Waals surface area contributed by atoms with Gasteiger partial charge in [0.1, 0.15) is 11.8 Å². The number of carbonyl (C=O) groups excluding carboxylic acids is 2. The summed E-state index contributed by atoms with van der Waals surface area (Å²) in [5, 5.41) is 14.8. The monoisotopic (exact) mass is 504 g/mol. The van der Waals surface area contributed by atoms with Crippen LogP contribution in [0.25, 0.3) is 0 Å². The van der Waals surface area contributed by atoms with E-state index in [9.17, 15) is 19.5 Å². The Morgan fingerprint density at radius 3 is 2.14 bits per heavy atom. The Bertz CT molecular complexity index is 743. The van der Waals surface area contributed by atoms with Crippen LogP contribution in [-0.4, -0.2) is 45.5 Å². The van der Waals surface area contributed by atoms with Crippen LogP contribution < -0.4 is 10.6 Å². The first kappa shape index (κ1) is 25.3. The topological polar surface area (TPSA) is 95.5 Å². The van der Waals surface area contributed by atoms with E-state index in [1.165, 1.54) is 11.8 Å². The first-order chi connectivity index (χ1) is 13.3. The smallest absolute Gasteiger partial charge is 0.322 e. The van der Waals surface area contributed by atoms with Crippen LogP contribution in [0.4, 0.5) is 0 Å². The van der Waals surface area contributed by atoms with Crippen LogP contribution in [0, 0.1) is 0 Å². The van der Waals surface area contributed by atoms with Crippen molar-refractivity contribution in [2.24, 2.45) is 0 Å². The van der Waals surface area contributed by atoms with Gasteiger partial charge < -0.3 is 45.5 Å². The van der Waals surface area contributed by atoms with Crippen molar-refractivity contribution in [3.05, 3.63) is 60.2 Å². The molecule has 2 aromatic carbocycles. The van der Waals surface area contributed by atoms with Crippen LogP contribution in [0.1, 0.15) is 37.0 Å². The Balaban J connectivity index is 0.000000610. The maximum Gasteiger partial charge on any atom is 0.322 e. The number of carboxylic acid groups (broad SMARTS) is 1. The first-order valence-corrected chi connectivity index (χ1v) is 10.0. The molecule has 0 saturated carbocycles. The largest absolute Gasteiger partial charge is 0.748 e. The molecule has 8 heteroatoms. The van der Waals surface area contributed by atoms with E-state index in [0.717, 1.165) is 0 Å². The third-order valence-electron chi connectivity index (χ3n) is 4.34. The molecule has 3 N–H and O–H groups in total. The summed E-state index contributed by atoms with van der Waals surface area (Å²) in [6, 6.07) is 16.4. The number of hydrogen-bond acceptors (Lipinski definition) is 5. The minimum atomic E-state index is -0.892.